The van der Waals surface area contributed by atoms with E-state index >= 15 is 0 Å². The molecule has 0 saturated carbocycles. The monoisotopic (exact) mass is 491 g/mol. The SMILES string of the molecule is CCNC(=NCC(CC)Oc1cccc(F)c1)NCCc1nc(C)no1.I. The molecule has 0 spiro atoms. The van der Waals surface area contributed by atoms with Crippen LogP contribution in [0.4, 0.5) is 4.39 Å². The van der Waals surface area contributed by atoms with Gasteiger partial charge in [0.2, 0.25) is 5.89 Å². The zero-order chi connectivity index (χ0) is 18.8. The molecule has 0 aliphatic heterocycles. The van der Waals surface area contributed by atoms with Crippen molar-refractivity contribution < 1.29 is 13.7 Å². The predicted molar refractivity (Wildman–Crippen MR) is 113 cm³/mol. The number of nitrogens with one attached hydrogen (secondary N) is 2. The fourth-order valence-corrected chi connectivity index (χ4v) is 2.25. The average molecular weight is 491 g/mol. The van der Waals surface area contributed by atoms with E-state index in [0.717, 1.165) is 13.0 Å². The number of halogens is 2. The van der Waals surface area contributed by atoms with Gasteiger partial charge in [-0.3, -0.25) is 0 Å². The first-order valence-electron chi connectivity index (χ1n) is 8.84. The zero-order valence-corrected chi connectivity index (χ0v) is 18.2. The maximum atomic E-state index is 13.3. The summed E-state index contributed by atoms with van der Waals surface area (Å²) in [6, 6.07) is 6.14. The van der Waals surface area contributed by atoms with Gasteiger partial charge in [0.25, 0.3) is 0 Å². The van der Waals surface area contributed by atoms with Gasteiger partial charge < -0.3 is 19.9 Å². The van der Waals surface area contributed by atoms with Crippen molar-refractivity contribution in [2.45, 2.75) is 39.7 Å². The lowest BCUT2D eigenvalue weighted by Crippen LogP contribution is -2.39. The first-order chi connectivity index (χ1) is 12.6. The summed E-state index contributed by atoms with van der Waals surface area (Å²) in [5.74, 6) is 2.10. The van der Waals surface area contributed by atoms with Gasteiger partial charge >= 0.3 is 0 Å². The third kappa shape index (κ3) is 8.55. The van der Waals surface area contributed by atoms with Crippen molar-refractivity contribution in [2.24, 2.45) is 4.99 Å². The van der Waals surface area contributed by atoms with Crippen LogP contribution in [-0.2, 0) is 6.42 Å². The van der Waals surface area contributed by atoms with Crippen LogP contribution < -0.4 is 15.4 Å². The molecule has 27 heavy (non-hydrogen) atoms. The average Bonchev–Trinajstić information content (AvgIpc) is 3.03. The van der Waals surface area contributed by atoms with Crippen LogP contribution in [-0.4, -0.2) is 41.8 Å². The van der Waals surface area contributed by atoms with Crippen molar-refractivity contribution in [1.29, 1.82) is 0 Å². The molecule has 9 heteroatoms. The Bertz CT molecular complexity index is 711. The second-order valence-corrected chi connectivity index (χ2v) is 5.74. The van der Waals surface area contributed by atoms with E-state index < -0.39 is 0 Å². The summed E-state index contributed by atoms with van der Waals surface area (Å²) in [4.78, 5) is 8.71. The van der Waals surface area contributed by atoms with Crippen LogP contribution in [0.1, 0.15) is 32.0 Å². The van der Waals surface area contributed by atoms with E-state index in [-0.39, 0.29) is 35.9 Å². The highest BCUT2D eigenvalue weighted by molar-refractivity contribution is 14.0. The van der Waals surface area contributed by atoms with Gasteiger partial charge in [-0.2, -0.15) is 4.98 Å². The Morgan fingerprint density at radius 2 is 2.15 bits per heavy atom. The minimum absolute atomic E-state index is 0. The fraction of sp³-hybridized carbons (Fsp3) is 0.500. The molecule has 0 amide bonds. The van der Waals surface area contributed by atoms with Crippen LogP contribution in [0.25, 0.3) is 0 Å². The second kappa shape index (κ2) is 12.5. The van der Waals surface area contributed by atoms with Crippen molar-refractivity contribution >= 4 is 29.9 Å². The van der Waals surface area contributed by atoms with E-state index in [4.69, 9.17) is 9.26 Å². The molecule has 0 radical (unpaired) electrons. The van der Waals surface area contributed by atoms with E-state index in [1.165, 1.54) is 12.1 Å². The van der Waals surface area contributed by atoms with Gasteiger partial charge in [-0.05, 0) is 32.4 Å². The van der Waals surface area contributed by atoms with Crippen molar-refractivity contribution in [3.8, 4) is 5.75 Å². The summed E-state index contributed by atoms with van der Waals surface area (Å²) in [5.41, 5.74) is 0. The number of rotatable bonds is 9. The maximum Gasteiger partial charge on any atom is 0.228 e. The highest BCUT2D eigenvalue weighted by atomic mass is 127. The Kier molecular flexibility index (Phi) is 10.7. The van der Waals surface area contributed by atoms with Crippen molar-refractivity contribution in [1.82, 2.24) is 20.8 Å². The first kappa shape index (κ1) is 23.1. The summed E-state index contributed by atoms with van der Waals surface area (Å²) in [7, 11) is 0. The summed E-state index contributed by atoms with van der Waals surface area (Å²) in [6.07, 6.45) is 1.24. The molecule has 0 saturated heterocycles. The Morgan fingerprint density at radius 3 is 2.78 bits per heavy atom. The van der Waals surface area contributed by atoms with Crippen molar-refractivity contribution in [3.05, 3.63) is 41.8 Å². The number of hydrogen-bond donors (Lipinski definition) is 2. The predicted octanol–water partition coefficient (Wildman–Crippen LogP) is 3.09. The lowest BCUT2D eigenvalue weighted by atomic mass is 10.2. The molecule has 1 aromatic heterocycles. The van der Waals surface area contributed by atoms with Crippen LogP contribution in [0.2, 0.25) is 0 Å². The van der Waals surface area contributed by atoms with Crippen molar-refractivity contribution in [2.75, 3.05) is 19.6 Å². The Morgan fingerprint density at radius 1 is 1.33 bits per heavy atom. The van der Waals surface area contributed by atoms with Gasteiger partial charge in [-0.15, -0.1) is 24.0 Å². The molecule has 0 aliphatic rings. The molecule has 1 atom stereocenters. The van der Waals surface area contributed by atoms with Gasteiger partial charge in [0, 0.05) is 25.6 Å². The number of aryl methyl sites for hydroxylation is 1. The zero-order valence-electron chi connectivity index (χ0n) is 15.9. The third-order valence-electron chi connectivity index (χ3n) is 3.55. The normalized spacial score (nSPS) is 12.2. The van der Waals surface area contributed by atoms with Gasteiger partial charge in [0.05, 0.1) is 6.54 Å². The summed E-state index contributed by atoms with van der Waals surface area (Å²) >= 11 is 0. The quantitative estimate of drug-likeness (QED) is 0.319. The molecular weight excluding hydrogens is 464 g/mol. The molecule has 0 aliphatic carbocycles. The molecule has 0 bridgehead atoms. The molecule has 150 valence electrons. The number of guanidine groups is 1. The molecule has 1 unspecified atom stereocenters. The molecule has 7 nitrogen and oxygen atoms in total. The number of aliphatic imine (C=N–C) groups is 1. The minimum Gasteiger partial charge on any atom is -0.488 e. The number of aromatic nitrogens is 2. The van der Waals surface area contributed by atoms with Crippen LogP contribution in [0.15, 0.2) is 33.8 Å². The lowest BCUT2D eigenvalue weighted by molar-refractivity contribution is 0.205. The van der Waals surface area contributed by atoms with Gasteiger partial charge in [-0.25, -0.2) is 9.38 Å². The molecule has 2 aromatic rings. The number of nitrogens with zero attached hydrogens (tertiary/aromatic N) is 3. The highest BCUT2D eigenvalue weighted by Gasteiger charge is 2.09. The van der Waals surface area contributed by atoms with Gasteiger partial charge in [0.1, 0.15) is 17.7 Å². The van der Waals surface area contributed by atoms with Crippen LogP contribution >= 0.6 is 24.0 Å². The molecule has 2 N–H and O–H groups in total. The van der Waals surface area contributed by atoms with E-state index in [9.17, 15) is 4.39 Å². The van der Waals surface area contributed by atoms with Crippen LogP contribution in [0.5, 0.6) is 5.75 Å². The Labute approximate surface area is 176 Å². The topological polar surface area (TPSA) is 84.6 Å². The van der Waals surface area contributed by atoms with E-state index in [1.54, 1.807) is 19.1 Å². The van der Waals surface area contributed by atoms with E-state index in [0.29, 0.717) is 42.9 Å². The number of benzene rings is 1. The molecule has 2 rings (SSSR count). The standard InChI is InChI=1S/C18H26FN5O2.HI/c1-4-15(25-16-8-6-7-14(19)11-16)12-22-18(20-5-2)21-10-9-17-23-13(3)24-26-17;/h6-8,11,15H,4-5,9-10,12H2,1-3H3,(H2,20,21,22);1H. The Hall–Kier alpha value is -1.91. The third-order valence-corrected chi connectivity index (χ3v) is 3.55. The first-order valence-corrected chi connectivity index (χ1v) is 8.84. The molecule has 1 aromatic carbocycles. The molecule has 0 fully saturated rings. The molecular formula is C18H27FIN5O2. The summed E-state index contributed by atoms with van der Waals surface area (Å²) in [5, 5.41) is 10.2. The largest absolute Gasteiger partial charge is 0.488 e. The minimum atomic E-state index is -0.313. The smallest absolute Gasteiger partial charge is 0.228 e. The Balaban J connectivity index is 0.00000364. The molecule has 1 heterocycles. The summed E-state index contributed by atoms with van der Waals surface area (Å²) < 4.78 is 24.2. The fourth-order valence-electron chi connectivity index (χ4n) is 2.25. The highest BCUT2D eigenvalue weighted by Crippen LogP contribution is 2.15. The lowest BCUT2D eigenvalue weighted by Gasteiger charge is -2.17. The van der Waals surface area contributed by atoms with Crippen LogP contribution in [0, 0.1) is 12.7 Å². The number of hydrogen-bond acceptors (Lipinski definition) is 5. The van der Waals surface area contributed by atoms with Gasteiger partial charge in [-0.1, -0.05) is 18.1 Å². The van der Waals surface area contributed by atoms with Crippen molar-refractivity contribution in [3.63, 3.8) is 0 Å². The van der Waals surface area contributed by atoms with Gasteiger partial charge in [0.15, 0.2) is 11.8 Å². The van der Waals surface area contributed by atoms with E-state index in [2.05, 4.69) is 25.8 Å². The second-order valence-electron chi connectivity index (χ2n) is 5.74. The summed E-state index contributed by atoms with van der Waals surface area (Å²) in [6.45, 7) is 7.62. The van der Waals surface area contributed by atoms with Crippen LogP contribution in [0.3, 0.4) is 0 Å². The maximum absolute atomic E-state index is 13.3. The number of ether oxygens (including phenoxy) is 1. The van der Waals surface area contributed by atoms with E-state index in [1.807, 2.05) is 13.8 Å².